The fourth-order valence-electron chi connectivity index (χ4n) is 3.04. The van der Waals surface area contributed by atoms with Gasteiger partial charge in [-0.25, -0.2) is 8.42 Å². The Labute approximate surface area is 155 Å². The zero-order chi connectivity index (χ0) is 18.7. The van der Waals surface area contributed by atoms with Crippen molar-refractivity contribution in [3.63, 3.8) is 0 Å². The molecule has 26 heavy (non-hydrogen) atoms. The molecule has 1 saturated heterocycles. The lowest BCUT2D eigenvalue weighted by Crippen LogP contribution is -2.49. The number of sulfonamides is 1. The minimum Gasteiger partial charge on any atom is -0.376 e. The molecule has 1 aromatic heterocycles. The summed E-state index contributed by atoms with van der Waals surface area (Å²) in [6, 6.07) is 9.63. The van der Waals surface area contributed by atoms with Gasteiger partial charge in [0, 0.05) is 46.3 Å². The molecular formula is C18H25N5O2S. The Bertz CT molecular complexity index is 861. The van der Waals surface area contributed by atoms with Crippen LogP contribution >= 0.6 is 0 Å². The largest absolute Gasteiger partial charge is 0.376 e. The van der Waals surface area contributed by atoms with E-state index in [-0.39, 0.29) is 5.75 Å². The first-order chi connectivity index (χ1) is 12.3. The maximum absolute atomic E-state index is 12.7. The second-order valence-corrected chi connectivity index (χ2v) is 8.77. The van der Waals surface area contributed by atoms with E-state index >= 15 is 0 Å². The van der Waals surface area contributed by atoms with Crippen LogP contribution in [0.5, 0.6) is 0 Å². The van der Waals surface area contributed by atoms with Crippen molar-refractivity contribution < 1.29 is 8.42 Å². The smallest absolute Gasteiger partial charge is 0.218 e. The van der Waals surface area contributed by atoms with Crippen LogP contribution in [0.1, 0.15) is 11.1 Å². The third kappa shape index (κ3) is 4.31. The summed E-state index contributed by atoms with van der Waals surface area (Å²) in [5, 5.41) is 8.24. The third-order valence-electron chi connectivity index (χ3n) is 4.53. The van der Waals surface area contributed by atoms with E-state index in [0.717, 1.165) is 22.6 Å². The van der Waals surface area contributed by atoms with Crippen LogP contribution in [0.2, 0.25) is 0 Å². The number of aromatic nitrogens is 2. The molecule has 0 bridgehead atoms. The minimum absolute atomic E-state index is 0.0462. The highest BCUT2D eigenvalue weighted by Crippen LogP contribution is 2.20. The minimum atomic E-state index is -3.32. The average Bonchev–Trinajstić information content (AvgIpc) is 2.61. The molecular weight excluding hydrogens is 350 g/mol. The van der Waals surface area contributed by atoms with Crippen LogP contribution in [0.3, 0.4) is 0 Å². The molecule has 0 N–H and O–H groups in total. The molecule has 2 heterocycles. The van der Waals surface area contributed by atoms with Crippen LogP contribution in [0.4, 0.5) is 11.5 Å². The quantitative estimate of drug-likeness (QED) is 0.789. The lowest BCUT2D eigenvalue weighted by molar-refractivity contribution is 0.383. The van der Waals surface area contributed by atoms with Crippen molar-refractivity contribution in [3.8, 4) is 0 Å². The van der Waals surface area contributed by atoms with Gasteiger partial charge in [-0.05, 0) is 12.5 Å². The summed E-state index contributed by atoms with van der Waals surface area (Å²) in [5.74, 6) is 0.830. The number of benzene rings is 1. The van der Waals surface area contributed by atoms with E-state index < -0.39 is 10.0 Å². The van der Waals surface area contributed by atoms with Crippen molar-refractivity contribution >= 4 is 21.5 Å². The summed E-state index contributed by atoms with van der Waals surface area (Å²) in [5.41, 5.74) is 2.88. The fourth-order valence-corrected chi connectivity index (χ4v) is 4.55. The molecule has 0 amide bonds. The maximum atomic E-state index is 12.7. The summed E-state index contributed by atoms with van der Waals surface area (Å²) < 4.78 is 27.0. The molecule has 0 unspecified atom stereocenters. The van der Waals surface area contributed by atoms with E-state index in [0.29, 0.717) is 26.2 Å². The molecule has 1 fully saturated rings. The van der Waals surface area contributed by atoms with Crippen molar-refractivity contribution in [2.24, 2.45) is 0 Å². The second-order valence-electron chi connectivity index (χ2n) is 6.80. The SMILES string of the molecule is Cc1cccc(CS(=O)(=O)N2CCN(c3cc(N(C)C)cnn3)CC2)c1. The Morgan fingerprint density at radius 3 is 2.50 bits per heavy atom. The number of aryl methyl sites for hydroxylation is 1. The Kier molecular flexibility index (Phi) is 5.43. The first-order valence-corrected chi connectivity index (χ1v) is 10.2. The first kappa shape index (κ1) is 18.6. The van der Waals surface area contributed by atoms with Gasteiger partial charge in [-0.15, -0.1) is 5.10 Å². The van der Waals surface area contributed by atoms with Gasteiger partial charge < -0.3 is 9.80 Å². The van der Waals surface area contributed by atoms with Crippen LogP contribution in [0, 0.1) is 6.92 Å². The van der Waals surface area contributed by atoms with Crippen molar-refractivity contribution in [2.45, 2.75) is 12.7 Å². The van der Waals surface area contributed by atoms with Gasteiger partial charge in [-0.1, -0.05) is 29.8 Å². The summed E-state index contributed by atoms with van der Waals surface area (Å²) >= 11 is 0. The molecule has 1 aromatic carbocycles. The summed E-state index contributed by atoms with van der Waals surface area (Å²) in [4.78, 5) is 4.05. The first-order valence-electron chi connectivity index (χ1n) is 8.63. The molecule has 8 heteroatoms. The van der Waals surface area contributed by atoms with Gasteiger partial charge in [0.25, 0.3) is 0 Å². The van der Waals surface area contributed by atoms with Crippen LogP contribution in [-0.4, -0.2) is 63.2 Å². The van der Waals surface area contributed by atoms with Crippen LogP contribution in [0.15, 0.2) is 36.5 Å². The molecule has 0 atom stereocenters. The molecule has 1 aliphatic rings. The number of anilines is 2. The molecule has 3 rings (SSSR count). The maximum Gasteiger partial charge on any atom is 0.218 e. The van der Waals surface area contributed by atoms with E-state index in [2.05, 4.69) is 15.1 Å². The highest BCUT2D eigenvalue weighted by atomic mass is 32.2. The predicted octanol–water partition coefficient (Wildman–Crippen LogP) is 1.50. The lowest BCUT2D eigenvalue weighted by atomic mass is 10.2. The van der Waals surface area contributed by atoms with E-state index in [4.69, 9.17) is 0 Å². The van der Waals surface area contributed by atoms with Gasteiger partial charge in [0.1, 0.15) is 0 Å². The summed E-state index contributed by atoms with van der Waals surface area (Å²) in [6.45, 7) is 4.11. The number of hydrogen-bond acceptors (Lipinski definition) is 6. The van der Waals surface area contributed by atoms with E-state index in [1.165, 1.54) is 0 Å². The Hall–Kier alpha value is -2.19. The monoisotopic (exact) mass is 375 g/mol. The van der Waals surface area contributed by atoms with Crippen molar-refractivity contribution in [3.05, 3.63) is 47.7 Å². The van der Waals surface area contributed by atoms with Gasteiger partial charge in [-0.2, -0.15) is 9.40 Å². The molecule has 0 radical (unpaired) electrons. The van der Waals surface area contributed by atoms with E-state index in [1.807, 2.05) is 56.3 Å². The van der Waals surface area contributed by atoms with E-state index in [9.17, 15) is 8.42 Å². The Morgan fingerprint density at radius 2 is 1.85 bits per heavy atom. The zero-order valence-corrected chi connectivity index (χ0v) is 16.3. The van der Waals surface area contributed by atoms with Crippen molar-refractivity contribution in [2.75, 3.05) is 50.1 Å². The van der Waals surface area contributed by atoms with Crippen LogP contribution < -0.4 is 9.80 Å². The molecule has 0 saturated carbocycles. The fraction of sp³-hybridized carbons (Fsp3) is 0.444. The third-order valence-corrected chi connectivity index (χ3v) is 6.38. The summed E-state index contributed by atoms with van der Waals surface area (Å²) in [7, 11) is 0.592. The standard InChI is InChI=1S/C18H25N5O2S/c1-15-5-4-6-16(11-15)14-26(24,25)23-9-7-22(8-10-23)18-12-17(21(2)3)13-19-20-18/h4-6,11-13H,7-10,14H2,1-3H3. The van der Waals surface area contributed by atoms with Gasteiger partial charge in [0.05, 0.1) is 17.6 Å². The van der Waals surface area contributed by atoms with Crippen molar-refractivity contribution in [1.82, 2.24) is 14.5 Å². The number of hydrogen-bond donors (Lipinski definition) is 0. The second kappa shape index (κ2) is 7.59. The number of piperazine rings is 1. The Morgan fingerprint density at radius 1 is 1.12 bits per heavy atom. The van der Waals surface area contributed by atoms with Gasteiger partial charge in [0.15, 0.2) is 5.82 Å². The molecule has 0 spiro atoms. The topological polar surface area (TPSA) is 69.6 Å². The molecule has 1 aliphatic heterocycles. The van der Waals surface area contributed by atoms with E-state index in [1.54, 1.807) is 10.5 Å². The predicted molar refractivity (Wildman–Crippen MR) is 104 cm³/mol. The van der Waals surface area contributed by atoms with Crippen LogP contribution in [0.25, 0.3) is 0 Å². The molecule has 2 aromatic rings. The highest BCUT2D eigenvalue weighted by Gasteiger charge is 2.27. The molecule has 140 valence electrons. The number of rotatable bonds is 5. The molecule has 7 nitrogen and oxygen atoms in total. The van der Waals surface area contributed by atoms with Crippen molar-refractivity contribution in [1.29, 1.82) is 0 Å². The molecule has 0 aliphatic carbocycles. The average molecular weight is 375 g/mol. The zero-order valence-electron chi connectivity index (χ0n) is 15.5. The number of nitrogens with zero attached hydrogens (tertiary/aromatic N) is 5. The van der Waals surface area contributed by atoms with Gasteiger partial charge in [-0.3, -0.25) is 0 Å². The van der Waals surface area contributed by atoms with Gasteiger partial charge >= 0.3 is 0 Å². The highest BCUT2D eigenvalue weighted by molar-refractivity contribution is 7.88. The normalized spacial score (nSPS) is 15.9. The summed E-state index contributed by atoms with van der Waals surface area (Å²) in [6.07, 6.45) is 1.71. The van der Waals surface area contributed by atoms with Crippen LogP contribution in [-0.2, 0) is 15.8 Å². The van der Waals surface area contributed by atoms with Gasteiger partial charge in [0.2, 0.25) is 10.0 Å². The lowest BCUT2D eigenvalue weighted by Gasteiger charge is -2.34. The Balaban J connectivity index is 1.65.